The minimum absolute atomic E-state index is 0.137. The lowest BCUT2D eigenvalue weighted by atomic mass is 10.0. The average molecular weight is 209 g/mol. The molecule has 1 atom stereocenters. The number of ether oxygens (including phenoxy) is 1. The van der Waals surface area contributed by atoms with Gasteiger partial charge in [0.25, 0.3) is 0 Å². The molecule has 1 aromatic heterocycles. The van der Waals surface area contributed by atoms with Crippen molar-refractivity contribution in [2.24, 2.45) is 5.92 Å². The second-order valence-electron chi connectivity index (χ2n) is 4.03. The van der Waals surface area contributed by atoms with Gasteiger partial charge in [-0.15, -0.1) is 0 Å². The van der Waals surface area contributed by atoms with E-state index in [0.717, 1.165) is 6.42 Å². The number of carbonyl (C=O) groups is 1. The Kier molecular flexibility index (Phi) is 4.40. The highest BCUT2D eigenvalue weighted by atomic mass is 16.5. The van der Waals surface area contributed by atoms with Crippen molar-refractivity contribution < 1.29 is 9.53 Å². The summed E-state index contributed by atoms with van der Waals surface area (Å²) in [6.45, 7) is 6.49. The van der Waals surface area contributed by atoms with Gasteiger partial charge in [0.15, 0.2) is 0 Å². The van der Waals surface area contributed by atoms with Crippen LogP contribution < -0.4 is 0 Å². The van der Waals surface area contributed by atoms with Crippen molar-refractivity contribution in [2.45, 2.75) is 33.2 Å². The quantitative estimate of drug-likeness (QED) is 0.698. The van der Waals surface area contributed by atoms with Gasteiger partial charge >= 0.3 is 5.97 Å². The second kappa shape index (κ2) is 5.59. The van der Waals surface area contributed by atoms with E-state index >= 15 is 0 Å². The van der Waals surface area contributed by atoms with Gasteiger partial charge < -0.3 is 9.30 Å². The molecule has 0 fully saturated rings. The molecule has 1 aromatic rings. The Labute approximate surface area is 91.0 Å². The standard InChI is InChI=1S/C12H19NO2/c1-4-15-12(14)11(9-10(2)3)13-7-5-6-8-13/h5-8,10-11H,4,9H2,1-3H3/t11-/m1/s1. The molecule has 3 heteroatoms. The van der Waals surface area contributed by atoms with Crippen molar-refractivity contribution in [3.05, 3.63) is 24.5 Å². The number of nitrogens with zero attached hydrogens (tertiary/aromatic N) is 1. The van der Waals surface area contributed by atoms with Crippen LogP contribution in [0.3, 0.4) is 0 Å². The fourth-order valence-corrected chi connectivity index (χ4v) is 1.58. The fourth-order valence-electron chi connectivity index (χ4n) is 1.58. The minimum atomic E-state index is -0.181. The van der Waals surface area contributed by atoms with Gasteiger partial charge in [-0.3, -0.25) is 0 Å². The number of carbonyl (C=O) groups excluding carboxylic acids is 1. The van der Waals surface area contributed by atoms with Gasteiger partial charge in [0.1, 0.15) is 6.04 Å². The van der Waals surface area contributed by atoms with E-state index in [9.17, 15) is 4.79 Å². The van der Waals surface area contributed by atoms with Crippen LogP contribution in [0.25, 0.3) is 0 Å². The summed E-state index contributed by atoms with van der Waals surface area (Å²) in [6.07, 6.45) is 4.63. The van der Waals surface area contributed by atoms with Crippen molar-refractivity contribution in [2.75, 3.05) is 6.61 Å². The van der Waals surface area contributed by atoms with Crippen LogP contribution in [0.15, 0.2) is 24.5 Å². The molecule has 0 amide bonds. The summed E-state index contributed by atoms with van der Waals surface area (Å²) in [5, 5.41) is 0. The zero-order valence-electron chi connectivity index (χ0n) is 9.64. The molecule has 0 radical (unpaired) electrons. The third-order valence-electron chi connectivity index (χ3n) is 2.24. The zero-order valence-corrected chi connectivity index (χ0v) is 9.64. The van der Waals surface area contributed by atoms with Crippen LogP contribution in [0.4, 0.5) is 0 Å². The Bertz CT molecular complexity index is 291. The predicted molar refractivity (Wildman–Crippen MR) is 59.6 cm³/mol. The van der Waals surface area contributed by atoms with Gasteiger partial charge in [0, 0.05) is 12.4 Å². The van der Waals surface area contributed by atoms with Gasteiger partial charge in [-0.1, -0.05) is 13.8 Å². The topological polar surface area (TPSA) is 31.2 Å². The highest BCUT2D eigenvalue weighted by molar-refractivity contribution is 5.74. The molecule has 1 rings (SSSR count). The van der Waals surface area contributed by atoms with Crippen LogP contribution in [0.5, 0.6) is 0 Å². The van der Waals surface area contributed by atoms with Crippen LogP contribution in [-0.4, -0.2) is 17.1 Å². The molecule has 0 aromatic carbocycles. The van der Waals surface area contributed by atoms with Gasteiger partial charge in [-0.2, -0.15) is 0 Å². The number of hydrogen-bond donors (Lipinski definition) is 0. The summed E-state index contributed by atoms with van der Waals surface area (Å²) in [5.41, 5.74) is 0. The van der Waals surface area contributed by atoms with Gasteiger partial charge in [0.2, 0.25) is 0 Å². The first-order valence-corrected chi connectivity index (χ1v) is 5.44. The van der Waals surface area contributed by atoms with E-state index < -0.39 is 0 Å². The van der Waals surface area contributed by atoms with Crippen LogP contribution in [0.1, 0.15) is 33.2 Å². The van der Waals surface area contributed by atoms with E-state index in [0.29, 0.717) is 12.5 Å². The largest absolute Gasteiger partial charge is 0.464 e. The maximum Gasteiger partial charge on any atom is 0.329 e. The highest BCUT2D eigenvalue weighted by Crippen LogP contribution is 2.19. The molecule has 0 aliphatic carbocycles. The lowest BCUT2D eigenvalue weighted by Gasteiger charge is -2.19. The summed E-state index contributed by atoms with van der Waals surface area (Å²) >= 11 is 0. The minimum Gasteiger partial charge on any atom is -0.464 e. The van der Waals surface area contributed by atoms with Crippen LogP contribution >= 0.6 is 0 Å². The van der Waals surface area contributed by atoms with Crippen LogP contribution in [-0.2, 0) is 9.53 Å². The van der Waals surface area contributed by atoms with Crippen molar-refractivity contribution >= 4 is 5.97 Å². The normalized spacial score (nSPS) is 12.8. The predicted octanol–water partition coefficient (Wildman–Crippen LogP) is 2.64. The lowest BCUT2D eigenvalue weighted by Crippen LogP contribution is -2.22. The molecule has 0 saturated heterocycles. The number of rotatable bonds is 5. The summed E-state index contributed by atoms with van der Waals surface area (Å²) < 4.78 is 6.98. The third-order valence-corrected chi connectivity index (χ3v) is 2.24. The molecule has 15 heavy (non-hydrogen) atoms. The molecule has 84 valence electrons. The first kappa shape index (κ1) is 11.8. The van der Waals surface area contributed by atoms with E-state index in [1.165, 1.54) is 0 Å². The molecular formula is C12H19NO2. The molecule has 0 spiro atoms. The van der Waals surface area contributed by atoms with E-state index in [1.807, 2.05) is 36.0 Å². The fraction of sp³-hybridized carbons (Fsp3) is 0.583. The lowest BCUT2D eigenvalue weighted by molar-refractivity contribution is -0.147. The summed E-state index contributed by atoms with van der Waals surface area (Å²) in [5.74, 6) is 0.337. The summed E-state index contributed by atoms with van der Waals surface area (Å²) in [4.78, 5) is 11.7. The number of hydrogen-bond acceptors (Lipinski definition) is 2. The van der Waals surface area contributed by atoms with E-state index in [4.69, 9.17) is 4.74 Å². The molecule has 0 saturated carbocycles. The Morgan fingerprint density at radius 1 is 1.33 bits per heavy atom. The van der Waals surface area contributed by atoms with Crippen LogP contribution in [0.2, 0.25) is 0 Å². The van der Waals surface area contributed by atoms with Crippen molar-refractivity contribution in [1.29, 1.82) is 0 Å². The third kappa shape index (κ3) is 3.42. The Morgan fingerprint density at radius 2 is 1.93 bits per heavy atom. The maximum atomic E-state index is 11.7. The zero-order chi connectivity index (χ0) is 11.3. The maximum absolute atomic E-state index is 11.7. The van der Waals surface area contributed by atoms with Gasteiger partial charge in [-0.05, 0) is 31.4 Å². The van der Waals surface area contributed by atoms with E-state index in [2.05, 4.69) is 13.8 Å². The monoisotopic (exact) mass is 209 g/mol. The van der Waals surface area contributed by atoms with E-state index in [-0.39, 0.29) is 12.0 Å². The number of aromatic nitrogens is 1. The Morgan fingerprint density at radius 3 is 2.40 bits per heavy atom. The molecule has 0 aliphatic rings. The summed E-state index contributed by atoms with van der Waals surface area (Å²) in [7, 11) is 0. The van der Waals surface area contributed by atoms with Gasteiger partial charge in [0.05, 0.1) is 6.61 Å². The summed E-state index contributed by atoms with van der Waals surface area (Å²) in [6, 6.07) is 3.67. The van der Waals surface area contributed by atoms with Crippen molar-refractivity contribution in [1.82, 2.24) is 4.57 Å². The molecule has 0 aliphatic heterocycles. The molecule has 0 unspecified atom stereocenters. The smallest absolute Gasteiger partial charge is 0.329 e. The van der Waals surface area contributed by atoms with Gasteiger partial charge in [-0.25, -0.2) is 4.79 Å². The SMILES string of the molecule is CCOC(=O)[C@@H](CC(C)C)n1cccc1. The molecule has 1 heterocycles. The number of esters is 1. The van der Waals surface area contributed by atoms with Crippen LogP contribution in [0, 0.1) is 5.92 Å². The van der Waals surface area contributed by atoms with Crippen molar-refractivity contribution in [3.63, 3.8) is 0 Å². The Balaban J connectivity index is 2.74. The first-order valence-electron chi connectivity index (χ1n) is 5.44. The molecule has 3 nitrogen and oxygen atoms in total. The first-order chi connectivity index (χ1) is 7.15. The molecular weight excluding hydrogens is 190 g/mol. The Hall–Kier alpha value is -1.25. The van der Waals surface area contributed by atoms with Crippen molar-refractivity contribution in [3.8, 4) is 0 Å². The molecule has 0 N–H and O–H groups in total. The second-order valence-corrected chi connectivity index (χ2v) is 4.03. The highest BCUT2D eigenvalue weighted by Gasteiger charge is 2.21. The molecule has 0 bridgehead atoms. The van der Waals surface area contributed by atoms with E-state index in [1.54, 1.807) is 0 Å². The average Bonchev–Trinajstić information content (AvgIpc) is 2.66.